The zero-order chi connectivity index (χ0) is 26.9. The van der Waals surface area contributed by atoms with Crippen LogP contribution in [0.1, 0.15) is 31.7 Å². The minimum atomic E-state index is -2.77. The SMILES string of the molecule is C=NC(C)COCN(CC)CCOc1nc(N)nc(-c2ccc(F)cc2)c1-c1cc(C)nc(C(F)F)c1. The van der Waals surface area contributed by atoms with Gasteiger partial charge in [0.05, 0.1) is 30.6 Å². The van der Waals surface area contributed by atoms with Gasteiger partial charge in [-0.3, -0.25) is 14.9 Å². The Labute approximate surface area is 214 Å². The molecule has 1 aromatic carbocycles. The summed E-state index contributed by atoms with van der Waals surface area (Å²) in [5, 5.41) is 0. The summed E-state index contributed by atoms with van der Waals surface area (Å²) in [6.45, 7) is 11.3. The van der Waals surface area contributed by atoms with Crippen molar-refractivity contribution >= 4 is 12.7 Å². The third-order valence-corrected chi connectivity index (χ3v) is 5.53. The van der Waals surface area contributed by atoms with Crippen molar-refractivity contribution in [2.45, 2.75) is 33.2 Å². The lowest BCUT2D eigenvalue weighted by Crippen LogP contribution is -2.31. The van der Waals surface area contributed by atoms with Crippen molar-refractivity contribution in [2.24, 2.45) is 4.99 Å². The van der Waals surface area contributed by atoms with Crippen LogP contribution in [0.15, 0.2) is 41.4 Å². The van der Waals surface area contributed by atoms with E-state index in [1.54, 1.807) is 13.0 Å². The van der Waals surface area contributed by atoms with E-state index in [1.165, 1.54) is 30.3 Å². The van der Waals surface area contributed by atoms with Crippen LogP contribution in [0.2, 0.25) is 0 Å². The van der Waals surface area contributed by atoms with Crippen LogP contribution < -0.4 is 10.5 Å². The van der Waals surface area contributed by atoms with Gasteiger partial charge in [0.25, 0.3) is 6.43 Å². The molecule has 0 saturated carbocycles. The molecule has 0 spiro atoms. The number of ether oxygens (including phenoxy) is 2. The molecule has 2 aromatic heterocycles. The molecule has 1 atom stereocenters. The van der Waals surface area contributed by atoms with E-state index in [4.69, 9.17) is 15.2 Å². The average molecular weight is 517 g/mol. The largest absolute Gasteiger partial charge is 0.476 e. The summed E-state index contributed by atoms with van der Waals surface area (Å²) < 4.78 is 52.5. The lowest BCUT2D eigenvalue weighted by molar-refractivity contribution is 0.0207. The Morgan fingerprint density at radius 3 is 2.49 bits per heavy atom. The van der Waals surface area contributed by atoms with Gasteiger partial charge >= 0.3 is 0 Å². The molecule has 37 heavy (non-hydrogen) atoms. The van der Waals surface area contributed by atoms with Crippen LogP contribution in [-0.4, -0.2) is 65.6 Å². The number of nitrogens with two attached hydrogens (primary N) is 1. The molecule has 8 nitrogen and oxygen atoms in total. The molecule has 0 fully saturated rings. The first-order chi connectivity index (χ1) is 17.7. The molecule has 0 radical (unpaired) electrons. The van der Waals surface area contributed by atoms with Gasteiger partial charge in [-0.2, -0.15) is 4.98 Å². The predicted molar refractivity (Wildman–Crippen MR) is 137 cm³/mol. The Kier molecular flexibility index (Phi) is 9.93. The second kappa shape index (κ2) is 13.1. The maximum atomic E-state index is 13.6. The van der Waals surface area contributed by atoms with Crippen molar-refractivity contribution in [3.63, 3.8) is 0 Å². The summed E-state index contributed by atoms with van der Waals surface area (Å²) in [5.41, 5.74) is 7.59. The van der Waals surface area contributed by atoms with Gasteiger partial charge in [-0.1, -0.05) is 6.92 Å². The van der Waals surface area contributed by atoms with E-state index in [9.17, 15) is 13.2 Å². The molecule has 198 valence electrons. The van der Waals surface area contributed by atoms with Crippen LogP contribution in [0.3, 0.4) is 0 Å². The van der Waals surface area contributed by atoms with Crippen LogP contribution >= 0.6 is 0 Å². The number of hydrogen-bond donors (Lipinski definition) is 1. The highest BCUT2D eigenvalue weighted by molar-refractivity contribution is 5.85. The van der Waals surface area contributed by atoms with E-state index in [0.29, 0.717) is 54.5 Å². The third kappa shape index (κ3) is 7.70. The first-order valence-electron chi connectivity index (χ1n) is 11.8. The fourth-order valence-electron chi connectivity index (χ4n) is 3.58. The number of benzene rings is 1. The molecule has 11 heteroatoms. The third-order valence-electron chi connectivity index (χ3n) is 5.53. The van der Waals surface area contributed by atoms with Crippen molar-refractivity contribution < 1.29 is 22.6 Å². The monoisotopic (exact) mass is 516 g/mol. The van der Waals surface area contributed by atoms with Crippen molar-refractivity contribution in [1.29, 1.82) is 0 Å². The maximum Gasteiger partial charge on any atom is 0.280 e. The van der Waals surface area contributed by atoms with Crippen LogP contribution in [0, 0.1) is 12.7 Å². The number of halogens is 3. The maximum absolute atomic E-state index is 13.6. The van der Waals surface area contributed by atoms with E-state index in [2.05, 4.69) is 26.7 Å². The van der Waals surface area contributed by atoms with Crippen molar-refractivity contribution in [3.05, 3.63) is 53.6 Å². The molecule has 2 N–H and O–H groups in total. The molecular weight excluding hydrogens is 485 g/mol. The lowest BCUT2D eigenvalue weighted by Gasteiger charge is -2.22. The summed E-state index contributed by atoms with van der Waals surface area (Å²) >= 11 is 0. The molecule has 3 aromatic rings. The topological polar surface area (TPSA) is 98.8 Å². The number of hydrogen-bond acceptors (Lipinski definition) is 8. The average Bonchev–Trinajstić information content (AvgIpc) is 2.87. The van der Waals surface area contributed by atoms with Gasteiger partial charge in [-0.05, 0) is 69.1 Å². The van der Waals surface area contributed by atoms with E-state index in [0.717, 1.165) is 0 Å². The zero-order valence-corrected chi connectivity index (χ0v) is 21.1. The summed E-state index contributed by atoms with van der Waals surface area (Å²) in [6.07, 6.45) is -2.77. The molecule has 0 aliphatic rings. The highest BCUT2D eigenvalue weighted by Crippen LogP contribution is 2.39. The first-order valence-corrected chi connectivity index (χ1v) is 11.8. The second-order valence-electron chi connectivity index (χ2n) is 8.43. The quantitative estimate of drug-likeness (QED) is 0.254. The molecule has 3 rings (SSSR count). The Morgan fingerprint density at radius 1 is 1.11 bits per heavy atom. The predicted octanol–water partition coefficient (Wildman–Crippen LogP) is 4.94. The summed E-state index contributed by atoms with van der Waals surface area (Å²) in [4.78, 5) is 18.5. The summed E-state index contributed by atoms with van der Waals surface area (Å²) in [5.74, 6) is -0.373. The van der Waals surface area contributed by atoms with Crippen LogP contribution in [-0.2, 0) is 4.74 Å². The number of pyridine rings is 1. The number of aryl methyl sites for hydroxylation is 1. The highest BCUT2D eigenvalue weighted by Gasteiger charge is 2.21. The summed E-state index contributed by atoms with van der Waals surface area (Å²) in [7, 11) is 0. The Morgan fingerprint density at radius 2 is 1.84 bits per heavy atom. The highest BCUT2D eigenvalue weighted by atomic mass is 19.3. The van der Waals surface area contributed by atoms with E-state index >= 15 is 0 Å². The van der Waals surface area contributed by atoms with Gasteiger partial charge < -0.3 is 15.2 Å². The minimum absolute atomic E-state index is 0.00617. The minimum Gasteiger partial charge on any atom is -0.476 e. The normalized spacial score (nSPS) is 12.2. The smallest absolute Gasteiger partial charge is 0.280 e. The number of alkyl halides is 2. The van der Waals surface area contributed by atoms with E-state index in [1.807, 2.05) is 18.7 Å². The lowest BCUT2D eigenvalue weighted by atomic mass is 9.99. The van der Waals surface area contributed by atoms with Crippen LogP contribution in [0.4, 0.5) is 19.1 Å². The van der Waals surface area contributed by atoms with Gasteiger partial charge in [0.15, 0.2) is 0 Å². The van der Waals surface area contributed by atoms with Crippen molar-refractivity contribution in [2.75, 3.05) is 38.8 Å². The van der Waals surface area contributed by atoms with Gasteiger partial charge in [0.1, 0.15) is 18.1 Å². The Balaban J connectivity index is 1.95. The summed E-state index contributed by atoms with van der Waals surface area (Å²) in [6, 6.07) is 8.52. The number of anilines is 1. The fraction of sp³-hybridized carbons (Fsp3) is 0.385. The van der Waals surface area contributed by atoms with Gasteiger partial charge in [0, 0.05) is 17.8 Å². The standard InChI is InChI=1S/C26H31F3N6O2/c1-5-35(15-36-14-17(3)31-4)10-11-37-25-22(19-12-16(2)32-21(13-19)24(28)29)23(33-26(30)34-25)18-6-8-20(27)9-7-18/h6-9,12-13,17,24H,4-5,10-11,14-15H2,1-3H3,(H2,30,33,34). The first kappa shape index (κ1) is 28.0. The Bertz CT molecular complexity index is 1190. The molecule has 0 amide bonds. The van der Waals surface area contributed by atoms with E-state index in [-0.39, 0.29) is 30.2 Å². The number of rotatable bonds is 13. The number of nitrogens with zero attached hydrogens (tertiary/aromatic N) is 5. The van der Waals surface area contributed by atoms with Crippen LogP contribution in [0.25, 0.3) is 22.4 Å². The van der Waals surface area contributed by atoms with Gasteiger partial charge in [-0.15, -0.1) is 0 Å². The molecule has 0 aliphatic heterocycles. The van der Waals surface area contributed by atoms with Gasteiger partial charge in [-0.25, -0.2) is 18.2 Å². The molecule has 2 heterocycles. The number of aromatic nitrogens is 3. The Hall–Kier alpha value is -3.57. The second-order valence-corrected chi connectivity index (χ2v) is 8.43. The molecule has 0 saturated heterocycles. The van der Waals surface area contributed by atoms with E-state index < -0.39 is 12.2 Å². The molecule has 0 aliphatic carbocycles. The fourth-order valence-corrected chi connectivity index (χ4v) is 3.58. The number of nitrogen functional groups attached to an aromatic ring is 1. The van der Waals surface area contributed by atoms with Crippen molar-refractivity contribution in [1.82, 2.24) is 19.9 Å². The van der Waals surface area contributed by atoms with Gasteiger partial charge in [0.2, 0.25) is 11.8 Å². The molecular formula is C26H31F3N6O2. The number of likely N-dealkylation sites (N-methyl/N-ethyl adjacent to an activating group) is 1. The molecule has 0 bridgehead atoms. The van der Waals surface area contributed by atoms with Crippen LogP contribution in [0.5, 0.6) is 5.88 Å². The molecule has 1 unspecified atom stereocenters. The zero-order valence-electron chi connectivity index (χ0n) is 21.1. The van der Waals surface area contributed by atoms with Crippen molar-refractivity contribution in [3.8, 4) is 28.3 Å². The number of aliphatic imine (C=N–C) groups is 1.